The molecular weight excluding hydrogens is 548 g/mol. The highest BCUT2D eigenvalue weighted by Gasteiger charge is 2.68. The third-order valence-corrected chi connectivity index (χ3v) is 8.94. The minimum Gasteiger partial charge on any atom is -0.274 e. The predicted octanol–water partition coefficient (Wildman–Crippen LogP) is 5.11. The van der Waals surface area contributed by atoms with Crippen LogP contribution in [0.5, 0.6) is 0 Å². The second kappa shape index (κ2) is 9.79. The van der Waals surface area contributed by atoms with Crippen LogP contribution in [0.15, 0.2) is 102 Å². The van der Waals surface area contributed by atoms with Gasteiger partial charge in [0.05, 0.1) is 34.9 Å². The van der Waals surface area contributed by atoms with Crippen LogP contribution < -0.4 is 10.3 Å². The fourth-order valence-electron chi connectivity index (χ4n) is 7.08. The van der Waals surface area contributed by atoms with E-state index < -0.39 is 17.3 Å². The summed E-state index contributed by atoms with van der Waals surface area (Å²) in [5, 5.41) is 14.8. The lowest BCUT2D eigenvalue weighted by molar-refractivity contribution is -0.123. The largest absolute Gasteiger partial charge is 0.274 e. The van der Waals surface area contributed by atoms with Crippen LogP contribution in [0, 0.1) is 23.2 Å². The molecule has 204 valence electrons. The lowest BCUT2D eigenvalue weighted by atomic mass is 9.47. The first-order valence-electron chi connectivity index (χ1n) is 13.6. The molecule has 7 nitrogen and oxygen atoms in total. The maximum absolute atomic E-state index is 14.4. The molecule has 1 aliphatic heterocycles. The number of benzene rings is 4. The number of hydrazone groups is 1. The number of hydrogen-bond donors (Lipinski definition) is 1. The topological polar surface area (TPSA) is 103 Å². The summed E-state index contributed by atoms with van der Waals surface area (Å²) in [5.41, 5.74) is 6.48. The molecule has 0 saturated carbocycles. The van der Waals surface area contributed by atoms with E-state index >= 15 is 0 Å². The van der Waals surface area contributed by atoms with Crippen molar-refractivity contribution in [1.82, 2.24) is 5.43 Å². The van der Waals surface area contributed by atoms with Gasteiger partial charge in [0.2, 0.25) is 17.7 Å². The Labute approximate surface area is 247 Å². The Morgan fingerprint density at radius 1 is 0.905 bits per heavy atom. The van der Waals surface area contributed by atoms with Crippen molar-refractivity contribution in [3.8, 4) is 6.07 Å². The summed E-state index contributed by atoms with van der Waals surface area (Å²) in [6.45, 7) is 0. The van der Waals surface area contributed by atoms with E-state index in [1.54, 1.807) is 54.7 Å². The summed E-state index contributed by atoms with van der Waals surface area (Å²) >= 11 is 5.97. The number of hydrogen-bond acceptors (Lipinski definition) is 5. The highest BCUT2D eigenvalue weighted by Crippen LogP contribution is 2.63. The fraction of sp³-hybridized carbons (Fsp3) is 0.147. The van der Waals surface area contributed by atoms with Crippen LogP contribution in [0.2, 0.25) is 5.02 Å². The molecule has 0 spiro atoms. The molecule has 3 aliphatic carbocycles. The Morgan fingerprint density at radius 2 is 1.52 bits per heavy atom. The molecule has 4 aliphatic rings. The molecule has 8 rings (SSSR count). The SMILES string of the molecule is N#Cc1ccccc1N1C(=O)[C@H]2C3c4ccccc4C(/C=N\NC(=O)Cc4ccc(Cl)cc4)(c4ccccc43)[C@H]2C1=O. The first kappa shape index (κ1) is 25.9. The summed E-state index contributed by atoms with van der Waals surface area (Å²) < 4.78 is 0. The Balaban J connectivity index is 1.36. The number of carbonyl (C=O) groups is 3. The zero-order chi connectivity index (χ0) is 29.0. The minimum absolute atomic E-state index is 0.0962. The first-order chi connectivity index (χ1) is 20.5. The van der Waals surface area contributed by atoms with E-state index in [-0.39, 0.29) is 41.3 Å². The molecule has 42 heavy (non-hydrogen) atoms. The molecular formula is C34H23ClN4O3. The molecule has 2 bridgehead atoms. The molecule has 4 aromatic carbocycles. The summed E-state index contributed by atoms with van der Waals surface area (Å²) in [7, 11) is 0. The van der Waals surface area contributed by atoms with Crippen LogP contribution in [0.3, 0.4) is 0 Å². The molecule has 8 heteroatoms. The fourth-order valence-corrected chi connectivity index (χ4v) is 7.21. The van der Waals surface area contributed by atoms with Crippen molar-refractivity contribution in [2.45, 2.75) is 17.8 Å². The summed E-state index contributed by atoms with van der Waals surface area (Å²) in [6.07, 6.45) is 1.72. The molecule has 3 amide bonds. The Bertz CT molecular complexity index is 1810. The summed E-state index contributed by atoms with van der Waals surface area (Å²) in [4.78, 5) is 42.7. The van der Waals surface area contributed by atoms with Gasteiger partial charge in [0.15, 0.2) is 0 Å². The normalized spacial score (nSPS) is 23.3. The van der Waals surface area contributed by atoms with E-state index in [1.807, 2.05) is 48.5 Å². The third kappa shape index (κ3) is 3.65. The van der Waals surface area contributed by atoms with Gasteiger partial charge in [-0.1, -0.05) is 84.4 Å². The molecule has 1 fully saturated rings. The predicted molar refractivity (Wildman–Crippen MR) is 158 cm³/mol. The van der Waals surface area contributed by atoms with Gasteiger partial charge in [-0.05, 0) is 52.1 Å². The van der Waals surface area contributed by atoms with Gasteiger partial charge < -0.3 is 0 Å². The van der Waals surface area contributed by atoms with E-state index in [0.717, 1.165) is 27.8 Å². The van der Waals surface area contributed by atoms with E-state index in [2.05, 4.69) is 16.6 Å². The highest BCUT2D eigenvalue weighted by atomic mass is 35.5. The summed E-state index contributed by atoms with van der Waals surface area (Å²) in [5.74, 6) is -2.92. The molecule has 0 radical (unpaired) electrons. The number of rotatable bonds is 5. The van der Waals surface area contributed by atoms with Gasteiger partial charge in [0.1, 0.15) is 6.07 Å². The van der Waals surface area contributed by atoms with Crippen LogP contribution in [-0.4, -0.2) is 23.9 Å². The molecule has 0 aromatic heterocycles. The molecule has 2 atom stereocenters. The van der Waals surface area contributed by atoms with Crippen LogP contribution in [-0.2, 0) is 26.2 Å². The lowest BCUT2D eigenvalue weighted by Gasteiger charge is -2.52. The van der Waals surface area contributed by atoms with Gasteiger partial charge >= 0.3 is 0 Å². The van der Waals surface area contributed by atoms with Crippen LogP contribution >= 0.6 is 11.6 Å². The van der Waals surface area contributed by atoms with Crippen molar-refractivity contribution in [3.05, 3.63) is 135 Å². The van der Waals surface area contributed by atoms with E-state index in [0.29, 0.717) is 5.02 Å². The van der Waals surface area contributed by atoms with Crippen LogP contribution in [0.25, 0.3) is 0 Å². The van der Waals surface area contributed by atoms with Gasteiger partial charge in [-0.25, -0.2) is 10.3 Å². The van der Waals surface area contributed by atoms with Crippen molar-refractivity contribution < 1.29 is 14.4 Å². The van der Waals surface area contributed by atoms with Gasteiger partial charge in [-0.2, -0.15) is 10.4 Å². The standard InChI is InChI=1S/C34H23ClN4O3/c35-22-15-13-20(14-16-22)17-28(40)38-37-19-34-25-10-4-2-8-23(25)29(24-9-3-5-11-26(24)34)30-31(34)33(42)39(32(30)41)27-12-6-1-7-21(27)18-36/h1-16,19,29-31H,17H2,(H,38,40)/b37-19-/t29?,30-,31+,34?/m0/s1. The van der Waals surface area contributed by atoms with Crippen molar-refractivity contribution in [1.29, 1.82) is 5.26 Å². The zero-order valence-electron chi connectivity index (χ0n) is 22.2. The average molecular weight is 571 g/mol. The average Bonchev–Trinajstić information content (AvgIpc) is 3.28. The van der Waals surface area contributed by atoms with Crippen molar-refractivity contribution in [3.63, 3.8) is 0 Å². The number of nitrogens with zero attached hydrogens (tertiary/aromatic N) is 3. The molecule has 4 aromatic rings. The van der Waals surface area contributed by atoms with Crippen LogP contribution in [0.1, 0.15) is 39.3 Å². The van der Waals surface area contributed by atoms with Gasteiger partial charge in [0.25, 0.3) is 0 Å². The first-order valence-corrected chi connectivity index (χ1v) is 14.0. The Morgan fingerprint density at radius 3 is 2.19 bits per heavy atom. The number of nitrogens with one attached hydrogen (secondary N) is 1. The molecule has 0 unspecified atom stereocenters. The van der Waals surface area contributed by atoms with Crippen LogP contribution in [0.4, 0.5) is 5.69 Å². The quantitative estimate of drug-likeness (QED) is 0.205. The zero-order valence-corrected chi connectivity index (χ0v) is 23.0. The maximum atomic E-state index is 14.4. The molecule has 1 saturated heterocycles. The third-order valence-electron chi connectivity index (χ3n) is 8.68. The van der Waals surface area contributed by atoms with Crippen molar-refractivity contribution in [2.75, 3.05) is 4.90 Å². The number of para-hydroxylation sites is 1. The second-order valence-corrected chi connectivity index (χ2v) is 11.2. The van der Waals surface area contributed by atoms with Gasteiger partial charge in [-0.3, -0.25) is 14.4 Å². The maximum Gasteiger partial charge on any atom is 0.244 e. The second-order valence-electron chi connectivity index (χ2n) is 10.8. The Kier molecular flexibility index (Phi) is 6.03. The van der Waals surface area contributed by atoms with Gasteiger partial charge in [0, 0.05) is 17.2 Å². The molecule has 1 heterocycles. The lowest BCUT2D eigenvalue weighted by Crippen LogP contribution is -2.54. The number of amides is 3. The smallest absolute Gasteiger partial charge is 0.244 e. The monoisotopic (exact) mass is 570 g/mol. The van der Waals surface area contributed by atoms with E-state index in [1.165, 1.54) is 4.90 Å². The number of nitriles is 1. The number of imide groups is 1. The highest BCUT2D eigenvalue weighted by molar-refractivity contribution is 6.30. The van der Waals surface area contributed by atoms with E-state index in [4.69, 9.17) is 11.6 Å². The number of halogens is 1. The van der Waals surface area contributed by atoms with Gasteiger partial charge in [-0.15, -0.1) is 0 Å². The summed E-state index contributed by atoms with van der Waals surface area (Å²) in [6, 6.07) is 31.4. The van der Waals surface area contributed by atoms with Crippen molar-refractivity contribution >= 4 is 41.2 Å². The van der Waals surface area contributed by atoms with Crippen molar-refractivity contribution in [2.24, 2.45) is 16.9 Å². The minimum atomic E-state index is -1.12. The number of anilines is 1. The Hall–Kier alpha value is -5.06. The van der Waals surface area contributed by atoms with E-state index in [9.17, 15) is 19.6 Å². The number of carbonyl (C=O) groups excluding carboxylic acids is 3. The molecule has 1 N–H and O–H groups in total.